The number of nitrogens with zero attached hydrogens (tertiary/aromatic N) is 1. The molecule has 0 amide bonds. The maximum atomic E-state index is 13.3. The molecule has 20 heavy (non-hydrogen) atoms. The Morgan fingerprint density at radius 2 is 2.15 bits per heavy atom. The third kappa shape index (κ3) is 3.70. The zero-order chi connectivity index (χ0) is 14.5. The van der Waals surface area contributed by atoms with Crippen molar-refractivity contribution >= 4 is 15.9 Å². The molecule has 0 radical (unpaired) electrons. The van der Waals surface area contributed by atoms with Crippen LogP contribution in [-0.2, 0) is 6.54 Å². The molecule has 1 N–H and O–H groups in total. The van der Waals surface area contributed by atoms with Gasteiger partial charge in [-0.2, -0.15) is 0 Å². The molecule has 2 aromatic rings. The number of hydrogen-bond acceptors (Lipinski definition) is 1. The summed E-state index contributed by atoms with van der Waals surface area (Å²) < 4.78 is 16.0. The van der Waals surface area contributed by atoms with Gasteiger partial charge in [-0.3, -0.25) is 0 Å². The summed E-state index contributed by atoms with van der Waals surface area (Å²) in [4.78, 5) is 0. The van der Waals surface area contributed by atoms with E-state index in [1.807, 2.05) is 12.1 Å². The highest BCUT2D eigenvalue weighted by Crippen LogP contribution is 2.20. The molecule has 0 aliphatic heterocycles. The highest BCUT2D eigenvalue weighted by atomic mass is 79.9. The van der Waals surface area contributed by atoms with Gasteiger partial charge in [-0.1, -0.05) is 13.0 Å². The van der Waals surface area contributed by atoms with Gasteiger partial charge >= 0.3 is 0 Å². The van der Waals surface area contributed by atoms with Gasteiger partial charge in [0.2, 0.25) is 0 Å². The zero-order valence-electron chi connectivity index (χ0n) is 11.9. The number of aromatic nitrogens is 1. The fourth-order valence-corrected chi connectivity index (χ4v) is 2.69. The van der Waals surface area contributed by atoms with Crippen LogP contribution in [0.2, 0.25) is 0 Å². The van der Waals surface area contributed by atoms with Crippen molar-refractivity contribution in [3.05, 3.63) is 58.1 Å². The van der Waals surface area contributed by atoms with Crippen molar-refractivity contribution in [2.75, 3.05) is 6.54 Å². The van der Waals surface area contributed by atoms with Gasteiger partial charge in [-0.25, -0.2) is 4.39 Å². The van der Waals surface area contributed by atoms with Gasteiger partial charge in [0.05, 0.1) is 4.47 Å². The Balaban J connectivity index is 2.13. The molecule has 0 fully saturated rings. The van der Waals surface area contributed by atoms with E-state index in [9.17, 15) is 4.39 Å². The highest BCUT2D eigenvalue weighted by Gasteiger charge is 2.10. The second-order valence-electron chi connectivity index (χ2n) is 4.99. The lowest BCUT2D eigenvalue weighted by atomic mass is 10.2. The van der Waals surface area contributed by atoms with Crippen LogP contribution in [0.1, 0.15) is 37.6 Å². The largest absolute Gasteiger partial charge is 0.346 e. The molecule has 2 nitrogen and oxygen atoms in total. The van der Waals surface area contributed by atoms with Crippen molar-refractivity contribution in [3.8, 4) is 0 Å². The first-order chi connectivity index (χ1) is 9.61. The molecule has 2 rings (SSSR count). The lowest BCUT2D eigenvalue weighted by Gasteiger charge is -2.17. The molecule has 1 aromatic heterocycles. The molecule has 1 unspecified atom stereocenters. The van der Waals surface area contributed by atoms with Crippen molar-refractivity contribution in [1.29, 1.82) is 0 Å². The first-order valence-electron chi connectivity index (χ1n) is 6.94. The van der Waals surface area contributed by atoms with Crippen molar-refractivity contribution < 1.29 is 4.39 Å². The van der Waals surface area contributed by atoms with Gasteiger partial charge in [0.1, 0.15) is 5.82 Å². The minimum Gasteiger partial charge on any atom is -0.346 e. The van der Waals surface area contributed by atoms with Crippen LogP contribution in [-0.4, -0.2) is 11.1 Å². The van der Waals surface area contributed by atoms with E-state index < -0.39 is 0 Å². The lowest BCUT2D eigenvalue weighted by Crippen LogP contribution is -2.22. The summed E-state index contributed by atoms with van der Waals surface area (Å²) in [6, 6.07) is 9.66. The summed E-state index contributed by atoms with van der Waals surface area (Å²) in [5.41, 5.74) is 2.33. The fraction of sp³-hybridized carbons (Fsp3) is 0.375. The van der Waals surface area contributed by atoms with Gasteiger partial charge in [0, 0.05) is 24.5 Å². The van der Waals surface area contributed by atoms with Crippen molar-refractivity contribution in [2.45, 2.75) is 32.9 Å². The van der Waals surface area contributed by atoms with Crippen molar-refractivity contribution in [3.63, 3.8) is 0 Å². The first-order valence-corrected chi connectivity index (χ1v) is 7.73. The van der Waals surface area contributed by atoms with Crippen LogP contribution in [0.25, 0.3) is 0 Å². The zero-order valence-corrected chi connectivity index (χ0v) is 13.5. The molecule has 0 aliphatic carbocycles. The van der Waals surface area contributed by atoms with Gasteiger partial charge in [0.25, 0.3) is 0 Å². The Kier molecular flexibility index (Phi) is 5.38. The maximum absolute atomic E-state index is 13.3. The molecular formula is C16H20BrFN2. The smallest absolute Gasteiger partial charge is 0.137 e. The molecule has 0 saturated heterocycles. The number of halogens is 2. The van der Waals surface area contributed by atoms with E-state index in [2.05, 4.69) is 58.0 Å². The Labute approximate surface area is 128 Å². The predicted octanol–water partition coefficient (Wildman–Crippen LogP) is 4.50. The van der Waals surface area contributed by atoms with Gasteiger partial charge in [-0.15, -0.1) is 0 Å². The molecule has 4 heteroatoms. The first kappa shape index (κ1) is 15.3. The summed E-state index contributed by atoms with van der Waals surface area (Å²) >= 11 is 3.24. The highest BCUT2D eigenvalue weighted by molar-refractivity contribution is 9.10. The quantitative estimate of drug-likeness (QED) is 0.820. The Morgan fingerprint density at radius 3 is 2.85 bits per heavy atom. The van der Waals surface area contributed by atoms with E-state index in [1.54, 1.807) is 0 Å². The van der Waals surface area contributed by atoms with Crippen LogP contribution < -0.4 is 5.32 Å². The maximum Gasteiger partial charge on any atom is 0.137 e. The molecular weight excluding hydrogens is 319 g/mol. The van der Waals surface area contributed by atoms with Crippen LogP contribution in [0.3, 0.4) is 0 Å². The third-order valence-corrected chi connectivity index (χ3v) is 3.95. The molecule has 1 heterocycles. The molecule has 0 bridgehead atoms. The van der Waals surface area contributed by atoms with Crippen LogP contribution in [0.5, 0.6) is 0 Å². The minimum atomic E-state index is -0.223. The van der Waals surface area contributed by atoms with Crippen LogP contribution >= 0.6 is 15.9 Å². The number of benzene rings is 1. The van der Waals surface area contributed by atoms with Gasteiger partial charge in [-0.05, 0) is 65.6 Å². The Hall–Kier alpha value is -1.13. The van der Waals surface area contributed by atoms with Gasteiger partial charge in [0.15, 0.2) is 0 Å². The van der Waals surface area contributed by atoms with Gasteiger partial charge < -0.3 is 9.88 Å². The van der Waals surface area contributed by atoms with E-state index in [-0.39, 0.29) is 5.82 Å². The number of nitrogens with one attached hydrogen (secondary N) is 1. The summed E-state index contributed by atoms with van der Waals surface area (Å²) in [5, 5.41) is 3.49. The topological polar surface area (TPSA) is 17.0 Å². The summed E-state index contributed by atoms with van der Waals surface area (Å²) in [5.74, 6) is -0.223. The fourth-order valence-electron chi connectivity index (χ4n) is 2.26. The minimum absolute atomic E-state index is 0.223. The second-order valence-corrected chi connectivity index (χ2v) is 5.84. The molecule has 1 aromatic carbocycles. The van der Waals surface area contributed by atoms with Crippen molar-refractivity contribution in [2.24, 2.45) is 0 Å². The molecule has 0 saturated carbocycles. The van der Waals surface area contributed by atoms with E-state index >= 15 is 0 Å². The number of rotatable bonds is 6. The monoisotopic (exact) mass is 338 g/mol. The van der Waals surface area contributed by atoms with Crippen LogP contribution in [0.15, 0.2) is 41.0 Å². The molecule has 0 spiro atoms. The lowest BCUT2D eigenvalue weighted by molar-refractivity contribution is 0.534. The number of hydrogen-bond donors (Lipinski definition) is 1. The summed E-state index contributed by atoms with van der Waals surface area (Å²) in [6.45, 7) is 6.09. The average Bonchev–Trinajstić information content (AvgIpc) is 2.88. The standard InChI is InChI=1S/C16H20BrFN2/c1-3-8-19-12(2)16-5-4-9-20(16)11-13-6-7-15(18)14(17)10-13/h4-7,9-10,12,19H,3,8,11H2,1-2H3. The summed E-state index contributed by atoms with van der Waals surface area (Å²) in [7, 11) is 0. The van der Waals surface area contributed by atoms with E-state index in [0.29, 0.717) is 10.5 Å². The second kappa shape index (κ2) is 7.04. The predicted molar refractivity (Wildman–Crippen MR) is 84.3 cm³/mol. The van der Waals surface area contributed by atoms with E-state index in [1.165, 1.54) is 11.8 Å². The van der Waals surface area contributed by atoms with E-state index in [0.717, 1.165) is 25.1 Å². The van der Waals surface area contributed by atoms with E-state index in [4.69, 9.17) is 0 Å². The normalized spacial score (nSPS) is 12.6. The average molecular weight is 339 g/mol. The van der Waals surface area contributed by atoms with Crippen molar-refractivity contribution in [1.82, 2.24) is 9.88 Å². The Morgan fingerprint density at radius 1 is 1.35 bits per heavy atom. The molecule has 108 valence electrons. The molecule has 0 aliphatic rings. The SMILES string of the molecule is CCCNC(C)c1cccn1Cc1ccc(F)c(Br)c1. The van der Waals surface area contributed by atoms with Crippen LogP contribution in [0.4, 0.5) is 4.39 Å². The van der Waals surface area contributed by atoms with Crippen LogP contribution in [0, 0.1) is 5.82 Å². The summed E-state index contributed by atoms with van der Waals surface area (Å²) in [6.07, 6.45) is 3.19. The molecule has 1 atom stereocenters. The third-order valence-electron chi connectivity index (χ3n) is 3.35. The Bertz CT molecular complexity index is 565.